The Balaban J connectivity index is 2.43. The summed E-state index contributed by atoms with van der Waals surface area (Å²) in [6.07, 6.45) is -0.388. The second kappa shape index (κ2) is 6.33. The lowest BCUT2D eigenvalue weighted by atomic mass is 9.72. The largest absolute Gasteiger partial charge is 0.392 e. The summed E-state index contributed by atoms with van der Waals surface area (Å²) in [6, 6.07) is 13.2. The lowest BCUT2D eigenvalue weighted by molar-refractivity contribution is 0.100. The maximum Gasteiger partial charge on any atom is 0.159 e. The standard InChI is InChI=1S/C17H19F2NO/c1-12(21)17(11-20,14-5-3-2-4-6-14)10-13-7-8-15(18)16(19)9-13/h2-9,12,21H,10-11,20H2,1H3. The van der Waals surface area contributed by atoms with Gasteiger partial charge in [0.15, 0.2) is 11.6 Å². The molecule has 0 spiro atoms. The van der Waals surface area contributed by atoms with E-state index in [4.69, 9.17) is 5.73 Å². The van der Waals surface area contributed by atoms with E-state index in [-0.39, 0.29) is 6.54 Å². The Kier molecular flexibility index (Phi) is 4.70. The first-order valence-electron chi connectivity index (χ1n) is 6.87. The van der Waals surface area contributed by atoms with Crippen LogP contribution in [0.2, 0.25) is 0 Å². The second-order valence-corrected chi connectivity index (χ2v) is 5.33. The van der Waals surface area contributed by atoms with E-state index in [1.54, 1.807) is 6.92 Å². The van der Waals surface area contributed by atoms with Gasteiger partial charge in [0.05, 0.1) is 6.10 Å². The van der Waals surface area contributed by atoms with E-state index in [2.05, 4.69) is 0 Å². The zero-order valence-electron chi connectivity index (χ0n) is 11.9. The molecule has 0 fully saturated rings. The maximum absolute atomic E-state index is 13.4. The van der Waals surface area contributed by atoms with Gasteiger partial charge in [0, 0.05) is 12.0 Å². The van der Waals surface area contributed by atoms with Gasteiger partial charge in [0.25, 0.3) is 0 Å². The van der Waals surface area contributed by atoms with E-state index in [1.165, 1.54) is 6.07 Å². The molecule has 0 bridgehead atoms. The summed E-state index contributed by atoms with van der Waals surface area (Å²) in [5, 5.41) is 10.3. The Hall–Kier alpha value is -1.78. The molecule has 0 amide bonds. The molecule has 0 radical (unpaired) electrons. The van der Waals surface area contributed by atoms with E-state index in [0.717, 1.165) is 17.7 Å². The molecule has 0 aliphatic carbocycles. The number of rotatable bonds is 5. The predicted octanol–water partition coefficient (Wildman–Crippen LogP) is 2.78. The highest BCUT2D eigenvalue weighted by molar-refractivity contribution is 5.32. The van der Waals surface area contributed by atoms with Crippen molar-refractivity contribution in [3.05, 3.63) is 71.3 Å². The minimum absolute atomic E-state index is 0.202. The Morgan fingerprint density at radius 2 is 1.76 bits per heavy atom. The third kappa shape index (κ3) is 3.12. The molecule has 4 heteroatoms. The van der Waals surface area contributed by atoms with Crippen molar-refractivity contribution < 1.29 is 13.9 Å². The van der Waals surface area contributed by atoms with Gasteiger partial charge in [0.1, 0.15) is 0 Å². The van der Waals surface area contributed by atoms with Crippen LogP contribution in [-0.2, 0) is 11.8 Å². The zero-order valence-corrected chi connectivity index (χ0v) is 11.9. The Bertz CT molecular complexity index is 601. The second-order valence-electron chi connectivity index (χ2n) is 5.33. The maximum atomic E-state index is 13.4. The summed E-state index contributed by atoms with van der Waals surface area (Å²) in [7, 11) is 0. The summed E-state index contributed by atoms with van der Waals surface area (Å²) in [5.41, 5.74) is 6.68. The van der Waals surface area contributed by atoms with Gasteiger partial charge in [-0.15, -0.1) is 0 Å². The number of benzene rings is 2. The molecule has 21 heavy (non-hydrogen) atoms. The molecule has 2 rings (SSSR count). The number of nitrogens with two attached hydrogens (primary N) is 1. The molecule has 2 aromatic carbocycles. The van der Waals surface area contributed by atoms with Crippen molar-refractivity contribution in [2.24, 2.45) is 5.73 Å². The van der Waals surface area contributed by atoms with Crippen LogP contribution in [0.5, 0.6) is 0 Å². The van der Waals surface area contributed by atoms with Crippen molar-refractivity contribution >= 4 is 0 Å². The summed E-state index contributed by atoms with van der Waals surface area (Å²) < 4.78 is 26.4. The molecular formula is C17H19F2NO. The lowest BCUT2D eigenvalue weighted by Crippen LogP contribution is -2.46. The first kappa shape index (κ1) is 15.6. The highest BCUT2D eigenvalue weighted by atomic mass is 19.2. The van der Waals surface area contributed by atoms with Crippen molar-refractivity contribution in [2.45, 2.75) is 24.9 Å². The van der Waals surface area contributed by atoms with Gasteiger partial charge in [-0.25, -0.2) is 8.78 Å². The molecule has 0 saturated carbocycles. The van der Waals surface area contributed by atoms with Crippen LogP contribution < -0.4 is 5.73 Å². The molecule has 2 atom stereocenters. The molecule has 112 valence electrons. The third-order valence-corrected chi connectivity index (χ3v) is 4.02. The van der Waals surface area contributed by atoms with Crippen LogP contribution >= 0.6 is 0 Å². The van der Waals surface area contributed by atoms with Gasteiger partial charge in [-0.3, -0.25) is 0 Å². The van der Waals surface area contributed by atoms with Gasteiger partial charge in [-0.05, 0) is 36.6 Å². The van der Waals surface area contributed by atoms with E-state index in [0.29, 0.717) is 12.0 Å². The van der Waals surface area contributed by atoms with Crippen LogP contribution in [0, 0.1) is 11.6 Å². The Labute approximate surface area is 123 Å². The monoisotopic (exact) mass is 291 g/mol. The molecular weight excluding hydrogens is 272 g/mol. The smallest absolute Gasteiger partial charge is 0.159 e. The molecule has 0 aliphatic rings. The van der Waals surface area contributed by atoms with Crippen molar-refractivity contribution in [1.82, 2.24) is 0 Å². The van der Waals surface area contributed by atoms with Crippen molar-refractivity contribution in [3.63, 3.8) is 0 Å². The highest BCUT2D eigenvalue weighted by Gasteiger charge is 2.36. The topological polar surface area (TPSA) is 46.2 Å². The van der Waals surface area contributed by atoms with Crippen molar-refractivity contribution in [3.8, 4) is 0 Å². The van der Waals surface area contributed by atoms with Gasteiger partial charge >= 0.3 is 0 Å². The van der Waals surface area contributed by atoms with E-state index in [1.807, 2.05) is 30.3 Å². The summed E-state index contributed by atoms with van der Waals surface area (Å²) in [4.78, 5) is 0. The average Bonchev–Trinajstić information content (AvgIpc) is 2.49. The third-order valence-electron chi connectivity index (χ3n) is 4.02. The molecule has 0 saturated heterocycles. The molecule has 0 aliphatic heterocycles. The van der Waals surface area contributed by atoms with Gasteiger partial charge < -0.3 is 10.8 Å². The average molecular weight is 291 g/mol. The lowest BCUT2D eigenvalue weighted by Gasteiger charge is -2.36. The molecule has 2 nitrogen and oxygen atoms in total. The number of hydrogen-bond acceptors (Lipinski definition) is 2. The van der Waals surface area contributed by atoms with Crippen molar-refractivity contribution in [2.75, 3.05) is 6.54 Å². The van der Waals surface area contributed by atoms with Crippen molar-refractivity contribution in [1.29, 1.82) is 0 Å². The minimum Gasteiger partial charge on any atom is -0.392 e. The summed E-state index contributed by atoms with van der Waals surface area (Å²) in [5.74, 6) is -1.77. The Morgan fingerprint density at radius 1 is 1.10 bits per heavy atom. The van der Waals surface area contributed by atoms with E-state index in [9.17, 15) is 13.9 Å². The van der Waals surface area contributed by atoms with Gasteiger partial charge in [0.2, 0.25) is 0 Å². The van der Waals surface area contributed by atoms with Crippen LogP contribution in [-0.4, -0.2) is 17.8 Å². The molecule has 3 N–H and O–H groups in total. The number of hydrogen-bond donors (Lipinski definition) is 2. The van der Waals surface area contributed by atoms with E-state index >= 15 is 0 Å². The van der Waals surface area contributed by atoms with Gasteiger partial charge in [-0.1, -0.05) is 36.4 Å². The van der Waals surface area contributed by atoms with Crippen LogP contribution in [0.1, 0.15) is 18.1 Å². The number of aliphatic hydroxyl groups excluding tert-OH is 1. The first-order chi connectivity index (χ1) is 9.99. The van der Waals surface area contributed by atoms with Crippen LogP contribution in [0.3, 0.4) is 0 Å². The SMILES string of the molecule is CC(O)C(CN)(Cc1ccc(F)c(F)c1)c1ccccc1. The summed E-state index contributed by atoms with van der Waals surface area (Å²) >= 11 is 0. The predicted molar refractivity (Wildman–Crippen MR) is 78.9 cm³/mol. The zero-order chi connectivity index (χ0) is 15.5. The fourth-order valence-electron chi connectivity index (χ4n) is 2.64. The normalized spacial score (nSPS) is 15.5. The van der Waals surface area contributed by atoms with Gasteiger partial charge in [-0.2, -0.15) is 0 Å². The number of aliphatic hydroxyl groups is 1. The Morgan fingerprint density at radius 3 is 2.29 bits per heavy atom. The minimum atomic E-state index is -0.892. The van der Waals surface area contributed by atoms with Crippen LogP contribution in [0.4, 0.5) is 8.78 Å². The van der Waals surface area contributed by atoms with Crippen LogP contribution in [0.25, 0.3) is 0 Å². The molecule has 2 unspecified atom stereocenters. The molecule has 2 aromatic rings. The quantitative estimate of drug-likeness (QED) is 0.890. The molecule has 0 aromatic heterocycles. The van der Waals surface area contributed by atoms with E-state index < -0.39 is 23.2 Å². The summed E-state index contributed by atoms with van der Waals surface area (Å²) in [6.45, 7) is 1.87. The fourth-order valence-corrected chi connectivity index (χ4v) is 2.64. The number of halogens is 2. The fraction of sp³-hybridized carbons (Fsp3) is 0.294. The molecule has 0 heterocycles. The highest BCUT2D eigenvalue weighted by Crippen LogP contribution is 2.31. The first-order valence-corrected chi connectivity index (χ1v) is 6.87. The van der Waals surface area contributed by atoms with Crippen LogP contribution in [0.15, 0.2) is 48.5 Å².